The van der Waals surface area contributed by atoms with Crippen LogP contribution in [0.5, 0.6) is 0 Å². The minimum Gasteiger partial charge on any atom is -0.480 e. The summed E-state index contributed by atoms with van der Waals surface area (Å²) in [6.45, 7) is 7.42. The van der Waals surface area contributed by atoms with Crippen molar-refractivity contribution in [3.8, 4) is 0 Å². The number of hydrogen-bond donors (Lipinski definition) is 3. The van der Waals surface area contributed by atoms with Crippen molar-refractivity contribution in [2.75, 3.05) is 14.1 Å². The fraction of sp³-hybridized carbons (Fsp3) is 0.826. The SMILES string of the molecule is CCCCCCCCC(=O)N[C@@H](CC(C)C)C(=O)NC(C)(CCC(=O)N(C)C)C(=O)O. The Bertz CT molecular complexity index is 592. The van der Waals surface area contributed by atoms with Crippen molar-refractivity contribution in [3.63, 3.8) is 0 Å². The zero-order valence-electron chi connectivity index (χ0n) is 20.3. The van der Waals surface area contributed by atoms with Crippen LogP contribution in [0.2, 0.25) is 0 Å². The molecule has 0 rings (SSSR count). The average Bonchev–Trinajstić information content (AvgIpc) is 2.67. The van der Waals surface area contributed by atoms with Crippen LogP contribution in [-0.4, -0.2) is 59.4 Å². The standard InChI is InChI=1S/C23H43N3O5/c1-7-8-9-10-11-12-13-19(27)24-18(16-17(2)3)21(29)25-23(4,22(30)31)15-14-20(28)26(5)6/h17-18H,7-16H2,1-6H3,(H,24,27)(H,25,29)(H,30,31)/t18-,23?/m0/s1. The minimum atomic E-state index is -1.60. The molecule has 0 aromatic heterocycles. The first-order chi connectivity index (χ1) is 14.4. The lowest BCUT2D eigenvalue weighted by molar-refractivity contribution is -0.148. The van der Waals surface area contributed by atoms with E-state index in [1.54, 1.807) is 14.1 Å². The molecule has 8 nitrogen and oxygen atoms in total. The van der Waals surface area contributed by atoms with Crippen molar-refractivity contribution < 1.29 is 24.3 Å². The molecule has 1 unspecified atom stereocenters. The lowest BCUT2D eigenvalue weighted by Gasteiger charge is -2.29. The van der Waals surface area contributed by atoms with E-state index in [1.807, 2.05) is 13.8 Å². The summed E-state index contributed by atoms with van der Waals surface area (Å²) < 4.78 is 0. The number of hydrogen-bond acceptors (Lipinski definition) is 4. The van der Waals surface area contributed by atoms with Crippen LogP contribution < -0.4 is 10.6 Å². The molecule has 0 aliphatic carbocycles. The Balaban J connectivity index is 4.94. The van der Waals surface area contributed by atoms with Gasteiger partial charge >= 0.3 is 5.97 Å². The third-order valence-corrected chi connectivity index (χ3v) is 5.32. The summed E-state index contributed by atoms with van der Waals surface area (Å²) in [5.74, 6) is -2.03. The molecule has 180 valence electrons. The van der Waals surface area contributed by atoms with E-state index in [0.29, 0.717) is 12.8 Å². The van der Waals surface area contributed by atoms with Crippen molar-refractivity contribution in [3.05, 3.63) is 0 Å². The van der Waals surface area contributed by atoms with E-state index in [4.69, 9.17) is 0 Å². The van der Waals surface area contributed by atoms with E-state index < -0.39 is 23.5 Å². The van der Waals surface area contributed by atoms with Crippen molar-refractivity contribution in [2.45, 2.75) is 103 Å². The van der Waals surface area contributed by atoms with Crippen molar-refractivity contribution in [1.82, 2.24) is 15.5 Å². The number of carboxylic acids is 1. The van der Waals surface area contributed by atoms with Gasteiger partial charge < -0.3 is 20.6 Å². The molecule has 0 heterocycles. The van der Waals surface area contributed by atoms with Crippen LogP contribution >= 0.6 is 0 Å². The van der Waals surface area contributed by atoms with Crippen LogP contribution in [0.1, 0.15) is 91.9 Å². The average molecular weight is 442 g/mol. The maximum atomic E-state index is 12.9. The van der Waals surface area contributed by atoms with Gasteiger partial charge in [0.2, 0.25) is 17.7 Å². The highest BCUT2D eigenvalue weighted by Gasteiger charge is 2.37. The van der Waals surface area contributed by atoms with Crippen LogP contribution in [0, 0.1) is 5.92 Å². The molecule has 3 N–H and O–H groups in total. The fourth-order valence-electron chi connectivity index (χ4n) is 3.20. The largest absolute Gasteiger partial charge is 0.480 e. The first-order valence-corrected chi connectivity index (χ1v) is 11.5. The van der Waals surface area contributed by atoms with Gasteiger partial charge in [-0.05, 0) is 32.1 Å². The van der Waals surface area contributed by atoms with E-state index in [0.717, 1.165) is 19.3 Å². The van der Waals surface area contributed by atoms with Gasteiger partial charge in [-0.15, -0.1) is 0 Å². The van der Waals surface area contributed by atoms with Crippen molar-refractivity contribution in [2.24, 2.45) is 5.92 Å². The Kier molecular flexibility index (Phi) is 13.8. The number of amides is 3. The fourth-order valence-corrected chi connectivity index (χ4v) is 3.20. The number of rotatable bonds is 16. The summed E-state index contributed by atoms with van der Waals surface area (Å²) in [6, 6.07) is -0.809. The maximum absolute atomic E-state index is 12.9. The Hall–Kier alpha value is -2.12. The number of nitrogens with one attached hydrogen (secondary N) is 2. The Morgan fingerprint density at radius 2 is 1.55 bits per heavy atom. The van der Waals surface area contributed by atoms with Crippen LogP contribution in [-0.2, 0) is 19.2 Å². The Labute approximate surface area is 187 Å². The number of unbranched alkanes of at least 4 members (excludes halogenated alkanes) is 5. The van der Waals surface area contributed by atoms with E-state index >= 15 is 0 Å². The van der Waals surface area contributed by atoms with Crippen LogP contribution in [0.4, 0.5) is 0 Å². The third-order valence-electron chi connectivity index (χ3n) is 5.32. The molecule has 3 amide bonds. The van der Waals surface area contributed by atoms with Gasteiger partial charge in [0.15, 0.2) is 0 Å². The van der Waals surface area contributed by atoms with Gasteiger partial charge in [-0.2, -0.15) is 0 Å². The van der Waals surface area contributed by atoms with E-state index in [2.05, 4.69) is 17.6 Å². The molecule has 0 aromatic rings. The van der Waals surface area contributed by atoms with Gasteiger partial charge in [0.25, 0.3) is 0 Å². The lowest BCUT2D eigenvalue weighted by atomic mass is 9.93. The molecule has 0 aliphatic heterocycles. The molecule has 0 bridgehead atoms. The van der Waals surface area contributed by atoms with E-state index in [9.17, 15) is 24.3 Å². The lowest BCUT2D eigenvalue weighted by Crippen LogP contribution is -2.58. The first-order valence-electron chi connectivity index (χ1n) is 11.5. The topological polar surface area (TPSA) is 116 Å². The second-order valence-corrected chi connectivity index (χ2v) is 9.18. The Morgan fingerprint density at radius 1 is 0.968 bits per heavy atom. The van der Waals surface area contributed by atoms with Gasteiger partial charge in [0, 0.05) is 26.9 Å². The van der Waals surface area contributed by atoms with Crippen molar-refractivity contribution in [1.29, 1.82) is 0 Å². The minimum absolute atomic E-state index is 0.00465. The molecule has 31 heavy (non-hydrogen) atoms. The summed E-state index contributed by atoms with van der Waals surface area (Å²) >= 11 is 0. The molecule has 0 saturated carbocycles. The second kappa shape index (κ2) is 14.8. The second-order valence-electron chi connectivity index (χ2n) is 9.18. The Morgan fingerprint density at radius 3 is 2.06 bits per heavy atom. The summed E-state index contributed by atoms with van der Waals surface area (Å²) in [4.78, 5) is 50.3. The van der Waals surface area contributed by atoms with Gasteiger partial charge in [0.05, 0.1) is 0 Å². The van der Waals surface area contributed by atoms with Gasteiger partial charge in [0.1, 0.15) is 11.6 Å². The molecule has 0 fully saturated rings. The van der Waals surface area contributed by atoms with E-state index in [-0.39, 0.29) is 30.6 Å². The molecule has 0 saturated heterocycles. The highest BCUT2D eigenvalue weighted by atomic mass is 16.4. The number of carboxylic acid groups (broad SMARTS) is 1. The normalized spacial score (nSPS) is 13.9. The number of nitrogens with zero attached hydrogens (tertiary/aromatic N) is 1. The zero-order valence-corrected chi connectivity index (χ0v) is 20.3. The van der Waals surface area contributed by atoms with Gasteiger partial charge in [-0.3, -0.25) is 14.4 Å². The number of aliphatic carboxylic acids is 1. The van der Waals surface area contributed by atoms with E-state index in [1.165, 1.54) is 31.1 Å². The van der Waals surface area contributed by atoms with Crippen LogP contribution in [0.15, 0.2) is 0 Å². The first kappa shape index (κ1) is 28.9. The smallest absolute Gasteiger partial charge is 0.329 e. The zero-order chi connectivity index (χ0) is 24.0. The van der Waals surface area contributed by atoms with Crippen LogP contribution in [0.3, 0.4) is 0 Å². The van der Waals surface area contributed by atoms with Gasteiger partial charge in [-0.25, -0.2) is 4.79 Å². The summed E-state index contributed by atoms with van der Waals surface area (Å²) in [6.07, 6.45) is 7.09. The molecular formula is C23H43N3O5. The third kappa shape index (κ3) is 12.4. The van der Waals surface area contributed by atoms with Crippen LogP contribution in [0.25, 0.3) is 0 Å². The molecule has 0 radical (unpaired) electrons. The molecule has 8 heteroatoms. The summed E-state index contributed by atoms with van der Waals surface area (Å²) in [7, 11) is 3.19. The summed E-state index contributed by atoms with van der Waals surface area (Å²) in [5, 5.41) is 15.0. The maximum Gasteiger partial charge on any atom is 0.329 e. The predicted molar refractivity (Wildman–Crippen MR) is 121 cm³/mol. The number of carbonyl (C=O) groups is 4. The number of carbonyl (C=O) groups excluding carboxylic acids is 3. The monoisotopic (exact) mass is 441 g/mol. The molecule has 0 spiro atoms. The molecule has 2 atom stereocenters. The predicted octanol–water partition coefficient (Wildman–Crippen LogP) is 3.10. The molecule has 0 aliphatic rings. The van der Waals surface area contributed by atoms with Crippen molar-refractivity contribution >= 4 is 23.7 Å². The highest BCUT2D eigenvalue weighted by molar-refractivity contribution is 5.92. The quantitative estimate of drug-likeness (QED) is 0.318. The highest BCUT2D eigenvalue weighted by Crippen LogP contribution is 2.16. The molecular weight excluding hydrogens is 398 g/mol. The van der Waals surface area contributed by atoms with Gasteiger partial charge in [-0.1, -0.05) is 52.9 Å². The summed E-state index contributed by atoms with van der Waals surface area (Å²) in [5.41, 5.74) is -1.60. The molecule has 0 aromatic carbocycles.